The Kier molecular flexibility index (Phi) is 8.58. The Hall–Kier alpha value is -4.96. The Bertz CT molecular complexity index is 1540. The summed E-state index contributed by atoms with van der Waals surface area (Å²) in [6, 6.07) is 26.0. The molecule has 3 aromatic carbocycles. The topological polar surface area (TPSA) is 137 Å². The van der Waals surface area contributed by atoms with Gasteiger partial charge in [-0.25, -0.2) is 9.59 Å². The Morgan fingerprint density at radius 1 is 0.930 bits per heavy atom. The summed E-state index contributed by atoms with van der Waals surface area (Å²) in [5.74, 6) is -2.37. The number of dihydropyridines is 1. The number of rotatable bonds is 9. The predicted molar refractivity (Wildman–Crippen MR) is 160 cm³/mol. The van der Waals surface area contributed by atoms with Crippen molar-refractivity contribution in [1.82, 2.24) is 10.2 Å². The average Bonchev–Trinajstić information content (AvgIpc) is 2.96. The number of nitro benzene ring substituents is 1. The van der Waals surface area contributed by atoms with Crippen molar-refractivity contribution in [2.45, 2.75) is 44.9 Å². The van der Waals surface area contributed by atoms with Crippen molar-refractivity contribution in [3.63, 3.8) is 0 Å². The van der Waals surface area contributed by atoms with Crippen molar-refractivity contribution < 1.29 is 24.0 Å². The summed E-state index contributed by atoms with van der Waals surface area (Å²) in [7, 11) is 0. The van der Waals surface area contributed by atoms with Crippen molar-refractivity contribution in [1.29, 1.82) is 0 Å². The van der Waals surface area contributed by atoms with E-state index in [1.54, 1.807) is 26.8 Å². The molecule has 2 heterocycles. The number of allylic oxidation sites excluding steroid dienone is 1. The number of nitrogens with two attached hydrogens (primary N) is 1. The molecule has 43 heavy (non-hydrogen) atoms. The second-order valence-electron chi connectivity index (χ2n) is 10.9. The minimum atomic E-state index is -1.03. The van der Waals surface area contributed by atoms with Gasteiger partial charge in [0.1, 0.15) is 11.9 Å². The first kappa shape index (κ1) is 29.5. The zero-order chi connectivity index (χ0) is 30.7. The lowest BCUT2D eigenvalue weighted by Crippen LogP contribution is -2.54. The first-order chi connectivity index (χ1) is 20.6. The Morgan fingerprint density at radius 3 is 2.09 bits per heavy atom. The molecule has 0 unspecified atom stereocenters. The number of non-ortho nitro benzene ring substituents is 1. The zero-order valence-corrected chi connectivity index (χ0v) is 24.2. The second kappa shape index (κ2) is 12.5. The third-order valence-electron chi connectivity index (χ3n) is 7.54. The number of hydrogen-bond donors (Lipinski definition) is 2. The van der Waals surface area contributed by atoms with Gasteiger partial charge in [-0.05, 0) is 37.5 Å². The first-order valence-corrected chi connectivity index (χ1v) is 14.1. The van der Waals surface area contributed by atoms with Gasteiger partial charge < -0.3 is 20.5 Å². The summed E-state index contributed by atoms with van der Waals surface area (Å²) in [5.41, 5.74) is 9.31. The molecule has 2 aliphatic heterocycles. The largest absolute Gasteiger partial charge is 0.460 e. The van der Waals surface area contributed by atoms with E-state index in [1.165, 1.54) is 18.2 Å². The van der Waals surface area contributed by atoms with Gasteiger partial charge in [-0.1, -0.05) is 72.8 Å². The summed E-state index contributed by atoms with van der Waals surface area (Å²) in [4.78, 5) is 40.4. The molecule has 0 aromatic heterocycles. The molecule has 1 saturated heterocycles. The molecule has 222 valence electrons. The highest BCUT2D eigenvalue weighted by atomic mass is 16.6. The van der Waals surface area contributed by atoms with Gasteiger partial charge in [0, 0.05) is 30.9 Å². The lowest BCUT2D eigenvalue weighted by Gasteiger charge is -2.44. The van der Waals surface area contributed by atoms with Crippen molar-refractivity contribution >= 4 is 17.6 Å². The smallest absolute Gasteiger partial charge is 0.339 e. The van der Waals surface area contributed by atoms with Crippen molar-refractivity contribution in [3.05, 3.63) is 134 Å². The molecule has 10 nitrogen and oxygen atoms in total. The van der Waals surface area contributed by atoms with Gasteiger partial charge >= 0.3 is 11.9 Å². The number of nitro groups is 1. The Labute approximate surface area is 249 Å². The number of esters is 2. The molecule has 10 heteroatoms. The maximum atomic E-state index is 13.8. The van der Waals surface area contributed by atoms with E-state index >= 15 is 0 Å². The standard InChI is InChI=1S/C33H34N4O6/c1-20(2)42-32(38)27-21(3)35-31(34)29(28(27)24-15-10-16-25(17-24)37(40)41)33(39)43-26-18-36(19-26)30(22-11-6-4-7-12-22)23-13-8-5-9-14-23/h4-17,20,26,28,30,35H,18-19,34H2,1-3H3/t28-/m1/s1. The number of ether oxygens (including phenoxy) is 2. The maximum Gasteiger partial charge on any atom is 0.339 e. The summed E-state index contributed by atoms with van der Waals surface area (Å²) >= 11 is 0. The predicted octanol–water partition coefficient (Wildman–Crippen LogP) is 4.69. The molecule has 3 N–H and O–H groups in total. The number of carbonyl (C=O) groups excluding carboxylic acids is 2. The second-order valence-corrected chi connectivity index (χ2v) is 10.9. The highest BCUT2D eigenvalue weighted by molar-refractivity contribution is 6.00. The fourth-order valence-corrected chi connectivity index (χ4v) is 5.64. The Balaban J connectivity index is 1.41. The summed E-state index contributed by atoms with van der Waals surface area (Å²) in [5, 5.41) is 14.5. The van der Waals surface area contributed by atoms with Gasteiger partial charge in [0.2, 0.25) is 0 Å². The van der Waals surface area contributed by atoms with E-state index in [2.05, 4.69) is 34.5 Å². The molecule has 5 rings (SSSR count). The fourth-order valence-electron chi connectivity index (χ4n) is 5.64. The van der Waals surface area contributed by atoms with E-state index in [4.69, 9.17) is 15.2 Å². The van der Waals surface area contributed by atoms with Gasteiger partial charge in [0.25, 0.3) is 5.69 Å². The molecule has 0 radical (unpaired) electrons. The van der Waals surface area contributed by atoms with Crippen LogP contribution in [0, 0.1) is 10.1 Å². The van der Waals surface area contributed by atoms with Gasteiger partial charge in [-0.2, -0.15) is 0 Å². The minimum absolute atomic E-state index is 0.00271. The first-order valence-electron chi connectivity index (χ1n) is 14.1. The van der Waals surface area contributed by atoms with Crippen molar-refractivity contribution in [2.75, 3.05) is 13.1 Å². The van der Waals surface area contributed by atoms with Crippen LogP contribution in [-0.4, -0.2) is 47.1 Å². The van der Waals surface area contributed by atoms with Crippen LogP contribution in [-0.2, 0) is 19.1 Å². The summed E-state index contributed by atoms with van der Waals surface area (Å²) in [6.07, 6.45) is -0.855. The van der Waals surface area contributed by atoms with Gasteiger partial charge in [0.05, 0.1) is 34.1 Å². The number of carbonyl (C=O) groups is 2. The van der Waals surface area contributed by atoms with Crippen LogP contribution in [0.4, 0.5) is 5.69 Å². The molecule has 3 aromatic rings. The van der Waals surface area contributed by atoms with Crippen molar-refractivity contribution in [2.24, 2.45) is 5.73 Å². The quantitative estimate of drug-likeness (QED) is 0.209. The maximum absolute atomic E-state index is 13.8. The van der Waals surface area contributed by atoms with Crippen LogP contribution in [0.5, 0.6) is 0 Å². The van der Waals surface area contributed by atoms with Crippen LogP contribution in [0.3, 0.4) is 0 Å². The van der Waals surface area contributed by atoms with Gasteiger partial charge in [-0.3, -0.25) is 15.0 Å². The molecule has 1 atom stereocenters. The monoisotopic (exact) mass is 582 g/mol. The number of likely N-dealkylation sites (tertiary alicyclic amines) is 1. The molecule has 2 aliphatic rings. The number of hydrogen-bond acceptors (Lipinski definition) is 9. The minimum Gasteiger partial charge on any atom is -0.460 e. The molecule has 0 aliphatic carbocycles. The van der Waals surface area contributed by atoms with Crippen LogP contribution in [0.25, 0.3) is 0 Å². The molecule has 0 spiro atoms. The third kappa shape index (κ3) is 6.29. The van der Waals surface area contributed by atoms with E-state index < -0.39 is 35.0 Å². The Morgan fingerprint density at radius 2 is 1.53 bits per heavy atom. The van der Waals surface area contributed by atoms with Crippen LogP contribution >= 0.6 is 0 Å². The van der Waals surface area contributed by atoms with Crippen LogP contribution in [0.15, 0.2) is 108 Å². The molecule has 1 fully saturated rings. The van der Waals surface area contributed by atoms with E-state index in [9.17, 15) is 19.7 Å². The molecular formula is C33H34N4O6. The fraction of sp³-hybridized carbons (Fsp3) is 0.273. The van der Waals surface area contributed by atoms with Crippen LogP contribution in [0.2, 0.25) is 0 Å². The van der Waals surface area contributed by atoms with E-state index in [0.717, 1.165) is 11.1 Å². The van der Waals surface area contributed by atoms with E-state index in [0.29, 0.717) is 24.4 Å². The molecule has 0 saturated carbocycles. The molecular weight excluding hydrogens is 548 g/mol. The lowest BCUT2D eigenvalue weighted by atomic mass is 9.81. The third-order valence-corrected chi connectivity index (χ3v) is 7.54. The highest BCUT2D eigenvalue weighted by Gasteiger charge is 2.42. The van der Waals surface area contributed by atoms with Crippen LogP contribution in [0.1, 0.15) is 49.4 Å². The number of nitrogens with zero attached hydrogens (tertiary/aromatic N) is 2. The number of nitrogens with one attached hydrogen (secondary N) is 1. The normalized spacial score (nSPS) is 17.5. The highest BCUT2D eigenvalue weighted by Crippen LogP contribution is 2.40. The van der Waals surface area contributed by atoms with Crippen molar-refractivity contribution in [3.8, 4) is 0 Å². The lowest BCUT2D eigenvalue weighted by molar-refractivity contribution is -0.384. The van der Waals surface area contributed by atoms with Crippen LogP contribution < -0.4 is 11.1 Å². The van der Waals surface area contributed by atoms with Gasteiger partial charge in [-0.15, -0.1) is 0 Å². The number of benzene rings is 3. The van der Waals surface area contributed by atoms with Gasteiger partial charge in [0.15, 0.2) is 0 Å². The molecule has 0 amide bonds. The SMILES string of the molecule is CC1=C(C(=O)OC(C)C)[C@@H](c2cccc([N+](=O)[O-])c2)C(C(=O)OC2CN(C(c3ccccc3)c3ccccc3)C2)=C(N)N1. The van der Waals surface area contributed by atoms with E-state index in [1.807, 2.05) is 36.4 Å². The average molecular weight is 583 g/mol. The van der Waals surface area contributed by atoms with E-state index in [-0.39, 0.29) is 28.7 Å². The molecule has 0 bridgehead atoms. The zero-order valence-electron chi connectivity index (χ0n) is 24.2. The summed E-state index contributed by atoms with van der Waals surface area (Å²) in [6.45, 7) is 6.05. The summed E-state index contributed by atoms with van der Waals surface area (Å²) < 4.78 is 11.5.